The van der Waals surface area contributed by atoms with E-state index in [9.17, 15) is 0 Å². The predicted octanol–water partition coefficient (Wildman–Crippen LogP) is 3.05. The first-order chi connectivity index (χ1) is 9.38. The van der Waals surface area contributed by atoms with Gasteiger partial charge in [0.15, 0.2) is 0 Å². The van der Waals surface area contributed by atoms with Gasteiger partial charge in [-0.1, -0.05) is 46.0 Å². The van der Waals surface area contributed by atoms with Gasteiger partial charge in [0.25, 0.3) is 0 Å². The molecule has 1 aliphatic heterocycles. The Morgan fingerprint density at radius 1 is 1.05 bits per heavy atom. The number of morpholine rings is 1. The Bertz CT molecular complexity index is 199. The molecule has 0 bridgehead atoms. The number of hydrogen-bond acceptors (Lipinski definition) is 3. The fourth-order valence-electron chi connectivity index (χ4n) is 2.71. The van der Waals surface area contributed by atoms with Crippen LogP contribution < -0.4 is 5.32 Å². The topological polar surface area (TPSA) is 24.5 Å². The highest BCUT2D eigenvalue weighted by molar-refractivity contribution is 4.77. The van der Waals surface area contributed by atoms with Crippen LogP contribution in [0.5, 0.6) is 0 Å². The second-order valence-corrected chi connectivity index (χ2v) is 5.74. The van der Waals surface area contributed by atoms with E-state index in [1.807, 2.05) is 0 Å². The van der Waals surface area contributed by atoms with Crippen molar-refractivity contribution in [2.24, 2.45) is 0 Å². The van der Waals surface area contributed by atoms with Crippen LogP contribution in [-0.4, -0.2) is 50.3 Å². The molecule has 19 heavy (non-hydrogen) atoms. The Labute approximate surface area is 120 Å². The Morgan fingerprint density at radius 3 is 2.63 bits per heavy atom. The van der Waals surface area contributed by atoms with Gasteiger partial charge in [-0.3, -0.25) is 4.90 Å². The molecule has 3 nitrogen and oxygen atoms in total. The molecular formula is C16H34N2O. The summed E-state index contributed by atoms with van der Waals surface area (Å²) in [6.45, 7) is 10.9. The molecule has 114 valence electrons. The smallest absolute Gasteiger partial charge is 0.0634 e. The quantitative estimate of drug-likeness (QED) is 0.584. The first kappa shape index (κ1) is 16.9. The predicted molar refractivity (Wildman–Crippen MR) is 82.7 cm³/mol. The summed E-state index contributed by atoms with van der Waals surface area (Å²) in [6.07, 6.45) is 9.54. The summed E-state index contributed by atoms with van der Waals surface area (Å²) in [5, 5.41) is 3.53. The summed E-state index contributed by atoms with van der Waals surface area (Å²) in [4.78, 5) is 2.63. The number of nitrogens with one attached hydrogen (secondary N) is 1. The number of ether oxygens (including phenoxy) is 1. The molecule has 0 saturated carbocycles. The maximum absolute atomic E-state index is 5.62. The molecule has 0 aromatic heterocycles. The van der Waals surface area contributed by atoms with E-state index in [1.165, 1.54) is 51.5 Å². The molecule has 1 heterocycles. The van der Waals surface area contributed by atoms with Crippen LogP contribution in [0.3, 0.4) is 0 Å². The average Bonchev–Trinajstić information content (AvgIpc) is 2.44. The zero-order valence-corrected chi connectivity index (χ0v) is 13.1. The molecule has 0 spiro atoms. The molecule has 1 aliphatic rings. The molecule has 1 fully saturated rings. The van der Waals surface area contributed by atoms with Crippen molar-refractivity contribution in [3.63, 3.8) is 0 Å². The highest BCUT2D eigenvalue weighted by atomic mass is 16.5. The first-order valence-corrected chi connectivity index (χ1v) is 8.41. The zero-order valence-electron chi connectivity index (χ0n) is 13.1. The second kappa shape index (κ2) is 11.7. The third-order valence-electron chi connectivity index (χ3n) is 3.96. The van der Waals surface area contributed by atoms with Gasteiger partial charge in [0, 0.05) is 19.1 Å². The Balaban J connectivity index is 2.09. The second-order valence-electron chi connectivity index (χ2n) is 5.74. The molecule has 0 aromatic rings. The normalized spacial score (nSPS) is 20.8. The maximum Gasteiger partial charge on any atom is 0.0634 e. The summed E-state index contributed by atoms with van der Waals surface area (Å²) < 4.78 is 5.62. The molecule has 1 rings (SSSR count). The van der Waals surface area contributed by atoms with Gasteiger partial charge in [0.05, 0.1) is 13.2 Å². The van der Waals surface area contributed by atoms with Crippen LogP contribution in [-0.2, 0) is 4.74 Å². The standard InChI is InChI=1S/C16H34N2O/c1-3-5-6-7-8-9-11-18-12-13-19-15-16(18)14-17-10-4-2/h16-17H,3-15H2,1-2H3. The van der Waals surface area contributed by atoms with Gasteiger partial charge >= 0.3 is 0 Å². The van der Waals surface area contributed by atoms with E-state index < -0.39 is 0 Å². The van der Waals surface area contributed by atoms with Gasteiger partial charge in [-0.05, 0) is 25.9 Å². The SMILES string of the molecule is CCCCCCCCN1CCOCC1CNCCC. The maximum atomic E-state index is 5.62. The molecule has 1 saturated heterocycles. The molecule has 3 heteroatoms. The Hall–Kier alpha value is -0.120. The fraction of sp³-hybridized carbons (Fsp3) is 1.00. The minimum absolute atomic E-state index is 0.593. The van der Waals surface area contributed by atoms with Crippen molar-refractivity contribution in [3.05, 3.63) is 0 Å². The van der Waals surface area contributed by atoms with Crippen LogP contribution in [0.4, 0.5) is 0 Å². The fourth-order valence-corrected chi connectivity index (χ4v) is 2.71. The molecule has 0 aliphatic carbocycles. The summed E-state index contributed by atoms with van der Waals surface area (Å²) in [6, 6.07) is 0.593. The van der Waals surface area contributed by atoms with Crippen molar-refractivity contribution >= 4 is 0 Å². The third kappa shape index (κ3) is 7.91. The molecule has 1 N–H and O–H groups in total. The zero-order chi connectivity index (χ0) is 13.8. The van der Waals surface area contributed by atoms with Crippen LogP contribution in [0.1, 0.15) is 58.8 Å². The molecule has 0 amide bonds. The molecule has 1 atom stereocenters. The molecule has 1 unspecified atom stereocenters. The number of unbranched alkanes of at least 4 members (excludes halogenated alkanes) is 5. The molecule has 0 radical (unpaired) electrons. The minimum Gasteiger partial charge on any atom is -0.378 e. The van der Waals surface area contributed by atoms with Gasteiger partial charge in [-0.2, -0.15) is 0 Å². The lowest BCUT2D eigenvalue weighted by molar-refractivity contribution is -0.00735. The van der Waals surface area contributed by atoms with E-state index in [0.717, 1.165) is 32.8 Å². The monoisotopic (exact) mass is 270 g/mol. The van der Waals surface area contributed by atoms with Crippen molar-refractivity contribution < 1.29 is 4.74 Å². The third-order valence-corrected chi connectivity index (χ3v) is 3.96. The van der Waals surface area contributed by atoms with E-state index >= 15 is 0 Å². The average molecular weight is 270 g/mol. The lowest BCUT2D eigenvalue weighted by Gasteiger charge is -2.35. The lowest BCUT2D eigenvalue weighted by Crippen LogP contribution is -2.50. The van der Waals surface area contributed by atoms with Crippen LogP contribution in [0.2, 0.25) is 0 Å². The number of rotatable bonds is 11. The first-order valence-electron chi connectivity index (χ1n) is 8.41. The van der Waals surface area contributed by atoms with E-state index in [2.05, 4.69) is 24.1 Å². The number of nitrogens with zero attached hydrogens (tertiary/aromatic N) is 1. The summed E-state index contributed by atoms with van der Waals surface area (Å²) in [7, 11) is 0. The van der Waals surface area contributed by atoms with Crippen molar-refractivity contribution in [1.82, 2.24) is 10.2 Å². The highest BCUT2D eigenvalue weighted by Crippen LogP contribution is 2.10. The van der Waals surface area contributed by atoms with Gasteiger partial charge in [-0.15, -0.1) is 0 Å². The van der Waals surface area contributed by atoms with Crippen molar-refractivity contribution in [2.75, 3.05) is 39.4 Å². The van der Waals surface area contributed by atoms with E-state index in [0.29, 0.717) is 6.04 Å². The van der Waals surface area contributed by atoms with E-state index in [-0.39, 0.29) is 0 Å². The Morgan fingerprint density at radius 2 is 1.84 bits per heavy atom. The highest BCUT2D eigenvalue weighted by Gasteiger charge is 2.21. The van der Waals surface area contributed by atoms with Crippen molar-refractivity contribution in [1.29, 1.82) is 0 Å². The van der Waals surface area contributed by atoms with Gasteiger partial charge in [0.2, 0.25) is 0 Å². The van der Waals surface area contributed by atoms with Crippen LogP contribution in [0.25, 0.3) is 0 Å². The van der Waals surface area contributed by atoms with Gasteiger partial charge in [0.1, 0.15) is 0 Å². The Kier molecular flexibility index (Phi) is 10.4. The summed E-state index contributed by atoms with van der Waals surface area (Å²) >= 11 is 0. The van der Waals surface area contributed by atoms with Crippen molar-refractivity contribution in [3.8, 4) is 0 Å². The van der Waals surface area contributed by atoms with Crippen LogP contribution >= 0.6 is 0 Å². The van der Waals surface area contributed by atoms with E-state index in [1.54, 1.807) is 0 Å². The van der Waals surface area contributed by atoms with Gasteiger partial charge < -0.3 is 10.1 Å². The van der Waals surface area contributed by atoms with Crippen LogP contribution in [0, 0.1) is 0 Å². The lowest BCUT2D eigenvalue weighted by atomic mass is 10.1. The summed E-state index contributed by atoms with van der Waals surface area (Å²) in [5.74, 6) is 0. The van der Waals surface area contributed by atoms with Crippen molar-refractivity contribution in [2.45, 2.75) is 64.8 Å². The number of hydrogen-bond donors (Lipinski definition) is 1. The molecule has 0 aromatic carbocycles. The van der Waals surface area contributed by atoms with Crippen LogP contribution in [0.15, 0.2) is 0 Å². The summed E-state index contributed by atoms with van der Waals surface area (Å²) in [5.41, 5.74) is 0. The van der Waals surface area contributed by atoms with Gasteiger partial charge in [-0.25, -0.2) is 0 Å². The largest absolute Gasteiger partial charge is 0.378 e. The van der Waals surface area contributed by atoms with E-state index in [4.69, 9.17) is 4.74 Å². The minimum atomic E-state index is 0.593. The molecular weight excluding hydrogens is 236 g/mol.